The van der Waals surface area contributed by atoms with Crippen LogP contribution in [0.4, 0.5) is 4.39 Å². The maximum Gasteiger partial charge on any atom is 0.129 e. The zero-order chi connectivity index (χ0) is 14.8. The van der Waals surface area contributed by atoms with Crippen LogP contribution in [-0.4, -0.2) is 20.5 Å². The highest BCUT2D eigenvalue weighted by atomic mass is 35.5. The lowest BCUT2D eigenvalue weighted by molar-refractivity contribution is 0.421. The first kappa shape index (κ1) is 14.9. The summed E-state index contributed by atoms with van der Waals surface area (Å²) < 4.78 is 15.3. The second-order valence-corrected chi connectivity index (χ2v) is 6.12. The molecule has 6 heteroatoms. The van der Waals surface area contributed by atoms with Crippen LogP contribution in [-0.2, 0) is 13.1 Å². The first-order valence-corrected chi connectivity index (χ1v) is 6.80. The highest BCUT2D eigenvalue weighted by Gasteiger charge is 2.12. The van der Waals surface area contributed by atoms with Crippen molar-refractivity contribution in [1.82, 2.24) is 20.3 Å². The van der Waals surface area contributed by atoms with Crippen LogP contribution in [0.15, 0.2) is 24.4 Å². The summed E-state index contributed by atoms with van der Waals surface area (Å²) in [5.41, 5.74) is 1.25. The molecule has 108 valence electrons. The van der Waals surface area contributed by atoms with E-state index in [9.17, 15) is 4.39 Å². The fraction of sp³-hybridized carbons (Fsp3) is 0.429. The molecule has 0 saturated carbocycles. The maximum absolute atomic E-state index is 13.7. The zero-order valence-electron chi connectivity index (χ0n) is 11.8. The number of halogens is 2. The number of hydrogen-bond donors (Lipinski definition) is 1. The summed E-state index contributed by atoms with van der Waals surface area (Å²) in [5, 5.41) is 11.8. The largest absolute Gasteiger partial charge is 0.306 e. The second kappa shape index (κ2) is 5.89. The summed E-state index contributed by atoms with van der Waals surface area (Å²) in [6.45, 7) is 7.13. The molecule has 1 aromatic heterocycles. The van der Waals surface area contributed by atoms with Crippen molar-refractivity contribution in [3.63, 3.8) is 0 Å². The Balaban J connectivity index is 2.06. The molecule has 0 aliphatic heterocycles. The number of hydrogen-bond acceptors (Lipinski definition) is 3. The van der Waals surface area contributed by atoms with E-state index in [1.165, 1.54) is 6.07 Å². The third-order valence-corrected chi connectivity index (χ3v) is 3.12. The Kier molecular flexibility index (Phi) is 4.40. The SMILES string of the molecule is CC(C)(C)NCc1cn(Cc2c(F)cccc2Cl)nn1. The Bertz CT molecular complexity index is 569. The molecular weight excluding hydrogens is 279 g/mol. The van der Waals surface area contributed by atoms with E-state index in [0.717, 1.165) is 5.69 Å². The number of benzene rings is 1. The maximum atomic E-state index is 13.7. The van der Waals surface area contributed by atoms with Crippen molar-refractivity contribution < 1.29 is 4.39 Å². The fourth-order valence-electron chi connectivity index (χ4n) is 1.70. The minimum Gasteiger partial charge on any atom is -0.306 e. The Labute approximate surface area is 122 Å². The third kappa shape index (κ3) is 4.02. The molecule has 20 heavy (non-hydrogen) atoms. The van der Waals surface area contributed by atoms with Crippen LogP contribution in [0, 0.1) is 5.82 Å². The molecule has 0 bridgehead atoms. The predicted octanol–water partition coefficient (Wildman–Crippen LogP) is 3.01. The van der Waals surface area contributed by atoms with Gasteiger partial charge in [0.05, 0.1) is 18.4 Å². The molecule has 1 heterocycles. The zero-order valence-corrected chi connectivity index (χ0v) is 12.6. The standard InChI is InChI=1S/C14H18ClFN4/c1-14(2,3)17-7-10-8-20(19-18-10)9-11-12(15)5-4-6-13(11)16/h4-6,8,17H,7,9H2,1-3H3. The minimum atomic E-state index is -0.331. The van der Waals surface area contributed by atoms with Gasteiger partial charge in [0.2, 0.25) is 0 Å². The topological polar surface area (TPSA) is 42.7 Å². The Hall–Kier alpha value is -1.46. The lowest BCUT2D eigenvalue weighted by Gasteiger charge is -2.19. The first-order valence-electron chi connectivity index (χ1n) is 6.42. The molecule has 0 aliphatic carbocycles. The van der Waals surface area contributed by atoms with Crippen molar-refractivity contribution in [2.45, 2.75) is 39.4 Å². The van der Waals surface area contributed by atoms with Crippen LogP contribution in [0.1, 0.15) is 32.0 Å². The van der Waals surface area contributed by atoms with Gasteiger partial charge < -0.3 is 5.32 Å². The van der Waals surface area contributed by atoms with Crippen molar-refractivity contribution in [1.29, 1.82) is 0 Å². The van der Waals surface area contributed by atoms with Crippen molar-refractivity contribution in [2.24, 2.45) is 0 Å². The highest BCUT2D eigenvalue weighted by molar-refractivity contribution is 6.31. The van der Waals surface area contributed by atoms with Crippen LogP contribution < -0.4 is 5.32 Å². The van der Waals surface area contributed by atoms with Crippen molar-refractivity contribution >= 4 is 11.6 Å². The summed E-state index contributed by atoms with van der Waals surface area (Å²) in [5.74, 6) is -0.331. The lowest BCUT2D eigenvalue weighted by Crippen LogP contribution is -2.35. The van der Waals surface area contributed by atoms with Gasteiger partial charge >= 0.3 is 0 Å². The molecule has 0 amide bonds. The van der Waals surface area contributed by atoms with Gasteiger partial charge in [0.1, 0.15) is 5.82 Å². The molecule has 0 spiro atoms. The minimum absolute atomic E-state index is 0.0125. The molecule has 0 atom stereocenters. The molecule has 1 N–H and O–H groups in total. The van der Waals surface area contributed by atoms with Crippen molar-refractivity contribution in [2.75, 3.05) is 0 Å². The van der Waals surface area contributed by atoms with E-state index >= 15 is 0 Å². The molecule has 2 rings (SSSR count). The van der Waals surface area contributed by atoms with E-state index in [1.54, 1.807) is 23.0 Å². The van der Waals surface area contributed by atoms with E-state index in [0.29, 0.717) is 17.1 Å². The van der Waals surface area contributed by atoms with Gasteiger partial charge in [-0.05, 0) is 32.9 Å². The number of nitrogens with one attached hydrogen (secondary N) is 1. The van der Waals surface area contributed by atoms with Crippen molar-refractivity contribution in [3.05, 3.63) is 46.5 Å². The summed E-state index contributed by atoms with van der Waals surface area (Å²) >= 11 is 5.99. The van der Waals surface area contributed by atoms with Crippen LogP contribution in [0.3, 0.4) is 0 Å². The van der Waals surface area contributed by atoms with Gasteiger partial charge in [-0.1, -0.05) is 22.9 Å². The van der Waals surface area contributed by atoms with Crippen LogP contribution in [0.25, 0.3) is 0 Å². The summed E-state index contributed by atoms with van der Waals surface area (Å²) in [7, 11) is 0. The molecule has 4 nitrogen and oxygen atoms in total. The van der Waals surface area contributed by atoms with E-state index in [4.69, 9.17) is 11.6 Å². The Morgan fingerprint density at radius 2 is 2.10 bits per heavy atom. The average molecular weight is 297 g/mol. The number of rotatable bonds is 4. The van der Waals surface area contributed by atoms with Gasteiger partial charge in [-0.2, -0.15) is 0 Å². The van der Waals surface area contributed by atoms with E-state index in [2.05, 4.69) is 36.4 Å². The molecular formula is C14H18ClFN4. The third-order valence-electron chi connectivity index (χ3n) is 2.77. The molecule has 1 aromatic carbocycles. The fourth-order valence-corrected chi connectivity index (χ4v) is 1.92. The molecule has 0 aliphatic rings. The van der Waals surface area contributed by atoms with Crippen LogP contribution in [0.2, 0.25) is 5.02 Å². The Morgan fingerprint density at radius 1 is 1.35 bits per heavy atom. The van der Waals surface area contributed by atoms with Crippen molar-refractivity contribution in [3.8, 4) is 0 Å². The first-order chi connectivity index (χ1) is 9.35. The van der Waals surface area contributed by atoms with Crippen LogP contribution in [0.5, 0.6) is 0 Å². The van der Waals surface area contributed by atoms with Gasteiger partial charge in [0, 0.05) is 22.7 Å². The molecule has 2 aromatic rings. The monoisotopic (exact) mass is 296 g/mol. The molecule has 0 saturated heterocycles. The normalized spacial score (nSPS) is 11.8. The van der Waals surface area contributed by atoms with Gasteiger partial charge in [-0.25, -0.2) is 9.07 Å². The van der Waals surface area contributed by atoms with Gasteiger partial charge in [-0.15, -0.1) is 5.10 Å². The summed E-state index contributed by atoms with van der Waals surface area (Å²) in [6.07, 6.45) is 1.79. The smallest absolute Gasteiger partial charge is 0.129 e. The summed E-state index contributed by atoms with van der Waals surface area (Å²) in [6, 6.07) is 4.64. The van der Waals surface area contributed by atoms with E-state index in [-0.39, 0.29) is 17.9 Å². The van der Waals surface area contributed by atoms with Crippen LogP contribution >= 0.6 is 11.6 Å². The van der Waals surface area contributed by atoms with E-state index < -0.39 is 0 Å². The molecule has 0 unspecified atom stereocenters. The number of nitrogens with zero attached hydrogens (tertiary/aromatic N) is 3. The quantitative estimate of drug-likeness (QED) is 0.943. The summed E-state index contributed by atoms with van der Waals surface area (Å²) in [4.78, 5) is 0. The van der Waals surface area contributed by atoms with Gasteiger partial charge in [0.25, 0.3) is 0 Å². The second-order valence-electron chi connectivity index (χ2n) is 5.71. The number of aromatic nitrogens is 3. The predicted molar refractivity (Wildman–Crippen MR) is 77.1 cm³/mol. The van der Waals surface area contributed by atoms with Gasteiger partial charge in [0.15, 0.2) is 0 Å². The highest BCUT2D eigenvalue weighted by Crippen LogP contribution is 2.19. The van der Waals surface area contributed by atoms with Gasteiger partial charge in [-0.3, -0.25) is 0 Å². The van der Waals surface area contributed by atoms with E-state index in [1.807, 2.05) is 0 Å². The molecule has 0 fully saturated rings. The average Bonchev–Trinajstić information content (AvgIpc) is 2.79. The lowest BCUT2D eigenvalue weighted by atomic mass is 10.1. The Morgan fingerprint density at radius 3 is 2.75 bits per heavy atom. The molecule has 0 radical (unpaired) electrons.